The van der Waals surface area contributed by atoms with E-state index in [1.807, 2.05) is 45.9 Å². The maximum atomic E-state index is 13.6. The molecule has 3 unspecified atom stereocenters. The molecule has 0 aromatic heterocycles. The Kier molecular flexibility index (Phi) is 11.6. The number of aryl methyl sites for hydroxylation is 2. The Hall–Kier alpha value is -2.57. The molecule has 0 saturated carbocycles. The van der Waals surface area contributed by atoms with E-state index in [1.54, 1.807) is 32.6 Å². The van der Waals surface area contributed by atoms with Gasteiger partial charge in [-0.1, -0.05) is 44.9 Å². The van der Waals surface area contributed by atoms with Gasteiger partial charge in [-0.05, 0) is 78.0 Å². The first-order valence-corrected chi connectivity index (χ1v) is 12.5. The summed E-state index contributed by atoms with van der Waals surface area (Å²) in [6, 6.07) is 4.22. The lowest BCUT2D eigenvalue weighted by molar-refractivity contribution is -0.142. The molecule has 2 N–H and O–H groups in total. The molecule has 1 rings (SSSR count). The smallest absolute Gasteiger partial charge is 0.408 e. The van der Waals surface area contributed by atoms with E-state index < -0.39 is 23.8 Å². The van der Waals surface area contributed by atoms with E-state index in [9.17, 15) is 14.4 Å². The number of nitrogens with zero attached hydrogens (tertiary/aromatic N) is 1. The minimum Gasteiger partial charge on any atom is -0.444 e. The number of carbonyl (C=O) groups is 3. The highest BCUT2D eigenvalue weighted by Gasteiger charge is 2.35. The Bertz CT molecular complexity index is 832. The van der Waals surface area contributed by atoms with Crippen LogP contribution in [0.15, 0.2) is 18.2 Å². The summed E-state index contributed by atoms with van der Waals surface area (Å²) in [4.78, 5) is 41.1. The second-order valence-electron chi connectivity index (χ2n) is 10.2. The first kappa shape index (κ1) is 29.5. The maximum Gasteiger partial charge on any atom is 0.408 e. The molecule has 34 heavy (non-hydrogen) atoms. The van der Waals surface area contributed by atoms with Crippen LogP contribution >= 0.6 is 0 Å². The van der Waals surface area contributed by atoms with Crippen LogP contribution in [0, 0.1) is 13.8 Å². The summed E-state index contributed by atoms with van der Waals surface area (Å²) in [6.45, 7) is 17.4. The normalized spacial score (nSPS) is 14.0. The van der Waals surface area contributed by atoms with E-state index in [0.29, 0.717) is 6.54 Å². The molecule has 0 heterocycles. The molecule has 7 heteroatoms. The number of nitrogens with one attached hydrogen (secondary N) is 2. The fourth-order valence-electron chi connectivity index (χ4n) is 3.72. The topological polar surface area (TPSA) is 87.7 Å². The van der Waals surface area contributed by atoms with Crippen LogP contribution in [0.25, 0.3) is 0 Å². The summed E-state index contributed by atoms with van der Waals surface area (Å²) in [5.41, 5.74) is 2.26. The third-order valence-corrected chi connectivity index (χ3v) is 5.66. The van der Waals surface area contributed by atoms with Crippen molar-refractivity contribution >= 4 is 17.9 Å². The number of alkyl carbamates (subject to hydrolysis) is 1. The summed E-state index contributed by atoms with van der Waals surface area (Å²) in [6.07, 6.45) is 2.75. The van der Waals surface area contributed by atoms with Crippen molar-refractivity contribution < 1.29 is 19.1 Å². The number of amides is 3. The van der Waals surface area contributed by atoms with Crippen molar-refractivity contribution in [3.05, 3.63) is 34.9 Å². The van der Waals surface area contributed by atoms with E-state index in [-0.39, 0.29) is 17.9 Å². The molecular weight excluding hydrogens is 430 g/mol. The van der Waals surface area contributed by atoms with Crippen LogP contribution in [-0.4, -0.2) is 47.0 Å². The van der Waals surface area contributed by atoms with Gasteiger partial charge in [0.2, 0.25) is 11.8 Å². The molecule has 1 aromatic rings. The number of ether oxygens (including phenoxy) is 1. The Morgan fingerprint density at radius 1 is 1.00 bits per heavy atom. The van der Waals surface area contributed by atoms with E-state index in [2.05, 4.69) is 17.6 Å². The summed E-state index contributed by atoms with van der Waals surface area (Å²) >= 11 is 0. The van der Waals surface area contributed by atoms with Crippen molar-refractivity contribution in [2.24, 2.45) is 0 Å². The third-order valence-electron chi connectivity index (χ3n) is 5.66. The number of benzene rings is 1. The zero-order valence-corrected chi connectivity index (χ0v) is 22.6. The van der Waals surface area contributed by atoms with Gasteiger partial charge in [0.25, 0.3) is 0 Å². The predicted octanol–water partition coefficient (Wildman–Crippen LogP) is 5.19. The highest BCUT2D eigenvalue weighted by Crippen LogP contribution is 2.26. The van der Waals surface area contributed by atoms with Gasteiger partial charge in [-0.3, -0.25) is 9.59 Å². The highest BCUT2D eigenvalue weighted by molar-refractivity contribution is 5.92. The van der Waals surface area contributed by atoms with Gasteiger partial charge in [0, 0.05) is 12.6 Å². The van der Waals surface area contributed by atoms with Crippen molar-refractivity contribution in [2.45, 2.75) is 112 Å². The minimum atomic E-state index is -0.846. The lowest BCUT2D eigenvalue weighted by Gasteiger charge is -2.34. The van der Waals surface area contributed by atoms with Crippen LogP contribution < -0.4 is 10.6 Å². The van der Waals surface area contributed by atoms with Crippen LogP contribution in [0.4, 0.5) is 4.79 Å². The van der Waals surface area contributed by atoms with Gasteiger partial charge in [0.1, 0.15) is 17.7 Å². The third kappa shape index (κ3) is 9.35. The highest BCUT2D eigenvalue weighted by atomic mass is 16.6. The summed E-state index contributed by atoms with van der Waals surface area (Å²) in [5, 5.41) is 5.73. The van der Waals surface area contributed by atoms with Crippen molar-refractivity contribution in [1.82, 2.24) is 15.5 Å². The molecule has 3 atom stereocenters. The molecule has 0 aliphatic heterocycles. The maximum absolute atomic E-state index is 13.6. The molecule has 0 bridgehead atoms. The lowest BCUT2D eigenvalue weighted by Crippen LogP contribution is -2.52. The second-order valence-corrected chi connectivity index (χ2v) is 10.2. The number of carbonyl (C=O) groups excluding carboxylic acids is 3. The Labute approximate surface area is 206 Å². The summed E-state index contributed by atoms with van der Waals surface area (Å²) in [5.74, 6) is -0.529. The molecule has 0 spiro atoms. The average molecular weight is 476 g/mol. The van der Waals surface area contributed by atoms with Gasteiger partial charge in [-0.2, -0.15) is 0 Å². The fourth-order valence-corrected chi connectivity index (χ4v) is 3.72. The monoisotopic (exact) mass is 475 g/mol. The largest absolute Gasteiger partial charge is 0.444 e. The zero-order chi connectivity index (χ0) is 26.1. The van der Waals surface area contributed by atoms with E-state index in [1.165, 1.54) is 0 Å². The molecule has 0 radical (unpaired) electrons. The molecule has 7 nitrogen and oxygen atoms in total. The average Bonchev–Trinajstić information content (AvgIpc) is 2.71. The van der Waals surface area contributed by atoms with Gasteiger partial charge in [-0.25, -0.2) is 4.79 Å². The van der Waals surface area contributed by atoms with Crippen molar-refractivity contribution in [1.29, 1.82) is 0 Å². The number of hydrogen-bond acceptors (Lipinski definition) is 4. The molecule has 0 saturated heterocycles. The molecular formula is C27H45N3O4. The first-order valence-electron chi connectivity index (χ1n) is 12.5. The van der Waals surface area contributed by atoms with Gasteiger partial charge in [-0.15, -0.1) is 0 Å². The van der Waals surface area contributed by atoms with Crippen LogP contribution in [0.1, 0.15) is 96.9 Å². The van der Waals surface area contributed by atoms with Crippen LogP contribution in [0.3, 0.4) is 0 Å². The van der Waals surface area contributed by atoms with Crippen molar-refractivity contribution in [3.8, 4) is 0 Å². The molecule has 0 aliphatic rings. The molecule has 0 fully saturated rings. The van der Waals surface area contributed by atoms with Gasteiger partial charge in [0.05, 0.1) is 0 Å². The van der Waals surface area contributed by atoms with Crippen molar-refractivity contribution in [2.75, 3.05) is 6.54 Å². The standard InChI is InChI=1S/C27H45N3O4/c1-10-12-16-30(25(32)21(6)29-26(33)34-27(7,8)9)23(24(31)28-20(5)13-11-2)22-15-14-18(3)19(4)17-22/h14-15,17,20-21,23H,10-13,16H2,1-9H3,(H,28,31)(H,29,33). The Balaban J connectivity index is 3.34. The number of rotatable bonds is 11. The number of hydrogen-bond donors (Lipinski definition) is 2. The summed E-state index contributed by atoms with van der Waals surface area (Å²) in [7, 11) is 0. The minimum absolute atomic E-state index is 0.00742. The van der Waals surface area contributed by atoms with Crippen LogP contribution in [-0.2, 0) is 14.3 Å². The Morgan fingerprint density at radius 2 is 1.65 bits per heavy atom. The molecule has 1 aromatic carbocycles. The fraction of sp³-hybridized carbons (Fsp3) is 0.667. The van der Waals surface area contributed by atoms with Gasteiger partial charge < -0.3 is 20.3 Å². The van der Waals surface area contributed by atoms with Gasteiger partial charge in [0.15, 0.2) is 0 Å². The van der Waals surface area contributed by atoms with E-state index in [0.717, 1.165) is 42.4 Å². The van der Waals surface area contributed by atoms with E-state index in [4.69, 9.17) is 4.74 Å². The quantitative estimate of drug-likeness (QED) is 0.461. The Morgan fingerprint density at radius 3 is 2.18 bits per heavy atom. The van der Waals surface area contributed by atoms with Crippen molar-refractivity contribution in [3.63, 3.8) is 0 Å². The van der Waals surface area contributed by atoms with Gasteiger partial charge >= 0.3 is 6.09 Å². The lowest BCUT2D eigenvalue weighted by atomic mass is 9.97. The van der Waals surface area contributed by atoms with Crippen LogP contribution in [0.2, 0.25) is 0 Å². The number of unbranched alkanes of at least 4 members (excludes halogenated alkanes) is 1. The molecule has 0 aliphatic carbocycles. The van der Waals surface area contributed by atoms with Crippen LogP contribution in [0.5, 0.6) is 0 Å². The van der Waals surface area contributed by atoms with E-state index >= 15 is 0 Å². The second kappa shape index (κ2) is 13.4. The molecule has 3 amide bonds. The summed E-state index contributed by atoms with van der Waals surface area (Å²) < 4.78 is 5.32. The zero-order valence-electron chi connectivity index (χ0n) is 22.6. The molecule has 192 valence electrons. The SMILES string of the molecule is CCCCN(C(=O)C(C)NC(=O)OC(C)(C)C)C(C(=O)NC(C)CCC)c1ccc(C)c(C)c1. The first-order chi connectivity index (χ1) is 15.8. The predicted molar refractivity (Wildman–Crippen MR) is 137 cm³/mol.